The number of carbonyl (C=O) groups excluding carboxylic acids is 1. The summed E-state index contributed by atoms with van der Waals surface area (Å²) in [5.41, 5.74) is 1.02. The summed E-state index contributed by atoms with van der Waals surface area (Å²) in [6.45, 7) is 2.44. The molecule has 5 aromatic rings. The van der Waals surface area contributed by atoms with E-state index in [1.54, 1.807) is 29.4 Å². The van der Waals surface area contributed by atoms with Crippen LogP contribution in [0, 0.1) is 0 Å². The molecule has 0 saturated carbocycles. The Hall–Kier alpha value is -5.19. The van der Waals surface area contributed by atoms with Crippen molar-refractivity contribution >= 4 is 12.0 Å². The summed E-state index contributed by atoms with van der Waals surface area (Å²) in [6.07, 6.45) is 0.0646. The summed E-state index contributed by atoms with van der Waals surface area (Å²) in [7, 11) is 0. The minimum absolute atomic E-state index is 0.0745. The molecular weight excluding hydrogens is 593 g/mol. The standard InChI is InChI=1S/C35H33F3N6O2/c1-24(26-13-6-3-7-14-26)41-32-39-19-17-30(43-32)34(18-8-9-20-44(34)33(45)46-23-25-11-4-2-5-12-25)31-40-22-29(42-31)27-15-10-16-28(21-27)35(36,37)38/h2-7,10-17,19,21-22,24H,8-9,18,20,23H2,1H3,(H,40,42)(H,39,41,43). The molecule has 6 rings (SSSR count). The van der Waals surface area contributed by atoms with Crippen LogP contribution in [0.4, 0.5) is 23.9 Å². The van der Waals surface area contributed by atoms with E-state index in [2.05, 4.69) is 15.3 Å². The highest BCUT2D eigenvalue weighted by atomic mass is 19.4. The van der Waals surface area contributed by atoms with E-state index in [4.69, 9.17) is 14.7 Å². The number of alkyl halides is 3. The Labute approximate surface area is 264 Å². The van der Waals surface area contributed by atoms with Gasteiger partial charge in [-0.15, -0.1) is 0 Å². The second kappa shape index (κ2) is 13.0. The van der Waals surface area contributed by atoms with Crippen LogP contribution in [0.5, 0.6) is 0 Å². The van der Waals surface area contributed by atoms with Gasteiger partial charge in [-0.1, -0.05) is 72.8 Å². The lowest BCUT2D eigenvalue weighted by molar-refractivity contribution is -0.137. The van der Waals surface area contributed by atoms with E-state index in [9.17, 15) is 18.0 Å². The van der Waals surface area contributed by atoms with Crippen LogP contribution in [0.2, 0.25) is 0 Å². The number of imidazole rings is 1. The fourth-order valence-electron chi connectivity index (χ4n) is 5.87. The molecule has 1 aliphatic rings. The number of piperidine rings is 1. The van der Waals surface area contributed by atoms with Crippen LogP contribution >= 0.6 is 0 Å². The summed E-state index contributed by atoms with van der Waals surface area (Å²) in [5, 5.41) is 3.35. The fourth-order valence-corrected chi connectivity index (χ4v) is 5.87. The number of aromatic amines is 1. The van der Waals surface area contributed by atoms with Crippen molar-refractivity contribution in [2.45, 2.75) is 50.6 Å². The fraction of sp³-hybridized carbons (Fsp3) is 0.257. The highest BCUT2D eigenvalue weighted by Crippen LogP contribution is 2.43. The average molecular weight is 627 g/mol. The first-order valence-corrected chi connectivity index (χ1v) is 15.1. The smallest absolute Gasteiger partial charge is 0.416 e. The number of ether oxygens (including phenoxy) is 1. The topological polar surface area (TPSA) is 96.0 Å². The molecule has 46 heavy (non-hydrogen) atoms. The average Bonchev–Trinajstić information content (AvgIpc) is 3.59. The molecule has 0 radical (unpaired) electrons. The largest absolute Gasteiger partial charge is 0.445 e. The van der Waals surface area contributed by atoms with Crippen LogP contribution in [0.3, 0.4) is 0 Å². The number of likely N-dealkylation sites (tertiary alicyclic amines) is 1. The Morgan fingerprint density at radius 1 is 1.00 bits per heavy atom. The third-order valence-corrected chi connectivity index (χ3v) is 8.24. The molecule has 2 N–H and O–H groups in total. The molecule has 1 aliphatic heterocycles. The van der Waals surface area contributed by atoms with Crippen molar-refractivity contribution in [3.8, 4) is 11.3 Å². The van der Waals surface area contributed by atoms with Gasteiger partial charge in [0.15, 0.2) is 0 Å². The van der Waals surface area contributed by atoms with Crippen molar-refractivity contribution in [2.75, 3.05) is 11.9 Å². The van der Waals surface area contributed by atoms with E-state index in [1.807, 2.05) is 67.6 Å². The van der Waals surface area contributed by atoms with Crippen molar-refractivity contribution in [1.82, 2.24) is 24.8 Å². The predicted molar refractivity (Wildman–Crippen MR) is 168 cm³/mol. The van der Waals surface area contributed by atoms with Gasteiger partial charge >= 0.3 is 12.3 Å². The van der Waals surface area contributed by atoms with Crippen LogP contribution in [-0.2, 0) is 23.1 Å². The number of anilines is 1. The summed E-state index contributed by atoms with van der Waals surface area (Å²) in [4.78, 5) is 32.9. The van der Waals surface area contributed by atoms with E-state index in [0.717, 1.165) is 36.1 Å². The van der Waals surface area contributed by atoms with Gasteiger partial charge in [0, 0.05) is 24.5 Å². The number of aromatic nitrogens is 4. The van der Waals surface area contributed by atoms with E-state index in [-0.39, 0.29) is 12.6 Å². The Balaban J connectivity index is 1.40. The molecule has 2 atom stereocenters. The van der Waals surface area contributed by atoms with Gasteiger partial charge in [0.05, 0.1) is 23.0 Å². The number of hydrogen-bond donors (Lipinski definition) is 2. The first-order valence-electron chi connectivity index (χ1n) is 15.1. The van der Waals surface area contributed by atoms with Gasteiger partial charge in [0.1, 0.15) is 18.0 Å². The first kappa shape index (κ1) is 30.8. The summed E-state index contributed by atoms with van der Waals surface area (Å²) < 4.78 is 46.4. The van der Waals surface area contributed by atoms with Crippen LogP contribution in [-0.4, -0.2) is 37.5 Å². The van der Waals surface area contributed by atoms with Crippen LogP contribution in [0.15, 0.2) is 103 Å². The van der Waals surface area contributed by atoms with Gasteiger partial charge in [-0.2, -0.15) is 13.2 Å². The minimum Gasteiger partial charge on any atom is -0.445 e. The number of hydrogen-bond acceptors (Lipinski definition) is 6. The third kappa shape index (κ3) is 6.44. The van der Waals surface area contributed by atoms with Crippen LogP contribution in [0.25, 0.3) is 11.3 Å². The minimum atomic E-state index is -4.50. The number of rotatable bonds is 8. The van der Waals surface area contributed by atoms with E-state index in [0.29, 0.717) is 41.7 Å². The quantitative estimate of drug-likeness (QED) is 0.181. The SMILES string of the molecule is CC(Nc1nccc(C2(c3nc(-c4cccc(C(F)(F)F)c4)c[nH]3)CCCCN2C(=O)OCc2ccccc2)n1)c1ccccc1. The number of nitrogens with one attached hydrogen (secondary N) is 2. The molecule has 0 spiro atoms. The maximum absolute atomic E-state index is 13.9. The van der Waals surface area contributed by atoms with Crippen LogP contribution in [0.1, 0.15) is 60.4 Å². The van der Waals surface area contributed by atoms with Crippen molar-refractivity contribution in [3.05, 3.63) is 132 Å². The molecule has 236 valence electrons. The maximum atomic E-state index is 13.9. The normalized spacial score (nSPS) is 17.3. The van der Waals surface area contributed by atoms with Gasteiger partial charge in [-0.05, 0) is 55.5 Å². The summed E-state index contributed by atoms with van der Waals surface area (Å²) >= 11 is 0. The van der Waals surface area contributed by atoms with Crippen molar-refractivity contribution < 1.29 is 22.7 Å². The van der Waals surface area contributed by atoms with Crippen molar-refractivity contribution in [1.29, 1.82) is 0 Å². The van der Waals surface area contributed by atoms with Crippen molar-refractivity contribution in [2.24, 2.45) is 0 Å². The number of carbonyl (C=O) groups is 1. The molecule has 2 unspecified atom stereocenters. The van der Waals surface area contributed by atoms with Gasteiger partial charge in [0.2, 0.25) is 5.95 Å². The molecule has 1 fully saturated rings. The van der Waals surface area contributed by atoms with E-state index >= 15 is 0 Å². The molecule has 0 aliphatic carbocycles. The predicted octanol–water partition coefficient (Wildman–Crippen LogP) is 8.12. The lowest BCUT2D eigenvalue weighted by Gasteiger charge is -2.44. The number of benzene rings is 3. The Kier molecular flexibility index (Phi) is 8.74. The molecule has 8 nitrogen and oxygen atoms in total. The summed E-state index contributed by atoms with van der Waals surface area (Å²) in [5.74, 6) is 0.734. The second-order valence-electron chi connectivity index (χ2n) is 11.3. The Morgan fingerprint density at radius 2 is 1.76 bits per heavy atom. The zero-order valence-corrected chi connectivity index (χ0v) is 25.2. The number of H-pyrrole nitrogens is 1. The highest BCUT2D eigenvalue weighted by Gasteiger charge is 2.49. The maximum Gasteiger partial charge on any atom is 0.416 e. The Bertz CT molecular complexity index is 1780. The number of nitrogens with zero attached hydrogens (tertiary/aromatic N) is 4. The monoisotopic (exact) mass is 626 g/mol. The van der Waals surface area contributed by atoms with Crippen LogP contribution < -0.4 is 5.32 Å². The van der Waals surface area contributed by atoms with Gasteiger partial charge in [-0.25, -0.2) is 19.7 Å². The molecule has 1 amide bonds. The third-order valence-electron chi connectivity index (χ3n) is 8.24. The molecular formula is C35H33F3N6O2. The lowest BCUT2D eigenvalue weighted by atomic mass is 9.82. The first-order chi connectivity index (χ1) is 22.2. The highest BCUT2D eigenvalue weighted by molar-refractivity contribution is 5.70. The zero-order valence-electron chi connectivity index (χ0n) is 25.2. The molecule has 3 heterocycles. The van der Waals surface area contributed by atoms with Crippen molar-refractivity contribution in [3.63, 3.8) is 0 Å². The molecule has 1 saturated heterocycles. The molecule has 3 aromatic carbocycles. The van der Waals surface area contributed by atoms with Gasteiger partial charge < -0.3 is 15.0 Å². The Morgan fingerprint density at radius 3 is 2.52 bits per heavy atom. The van der Waals surface area contributed by atoms with E-state index in [1.165, 1.54) is 6.07 Å². The molecule has 2 aromatic heterocycles. The lowest BCUT2D eigenvalue weighted by Crippen LogP contribution is -2.54. The van der Waals surface area contributed by atoms with Gasteiger partial charge in [-0.3, -0.25) is 4.90 Å². The number of amides is 1. The van der Waals surface area contributed by atoms with Gasteiger partial charge in [0.25, 0.3) is 0 Å². The zero-order chi connectivity index (χ0) is 32.1. The number of halogens is 3. The molecule has 0 bridgehead atoms. The molecule has 11 heteroatoms. The van der Waals surface area contributed by atoms with E-state index < -0.39 is 23.4 Å². The second-order valence-corrected chi connectivity index (χ2v) is 11.3. The summed E-state index contributed by atoms with van der Waals surface area (Å²) in [6, 6.07) is 25.9.